The number of likely N-dealkylation sites (tertiary alicyclic amines) is 1. The Hall–Kier alpha value is -1.23. The highest BCUT2D eigenvalue weighted by Crippen LogP contribution is 2.08. The van der Waals surface area contributed by atoms with Gasteiger partial charge in [0.2, 0.25) is 17.5 Å². The molecule has 0 unspecified atom stereocenters. The maximum absolute atomic E-state index is 10.9. The molecule has 1 aromatic heterocycles. The van der Waals surface area contributed by atoms with Gasteiger partial charge in [0.15, 0.2) is 0 Å². The van der Waals surface area contributed by atoms with Gasteiger partial charge in [0.25, 0.3) is 0 Å². The first-order chi connectivity index (χ1) is 7.25. The molecular weight excluding hydrogens is 194 g/mol. The second kappa shape index (κ2) is 4.53. The van der Waals surface area contributed by atoms with Crippen molar-refractivity contribution >= 4 is 5.78 Å². The van der Waals surface area contributed by atoms with E-state index in [4.69, 9.17) is 4.52 Å². The van der Waals surface area contributed by atoms with Crippen LogP contribution in [0.4, 0.5) is 0 Å². The Labute approximate surface area is 88.5 Å². The smallest absolute Gasteiger partial charge is 0.238 e. The molecule has 0 bridgehead atoms. The zero-order chi connectivity index (χ0) is 10.7. The summed E-state index contributed by atoms with van der Waals surface area (Å²) in [6.07, 6.45) is 3.30. The second-order valence-corrected chi connectivity index (χ2v) is 3.87. The number of carbonyl (C=O) groups is 1. The van der Waals surface area contributed by atoms with Crippen LogP contribution in [0.2, 0.25) is 0 Å². The Morgan fingerprint density at radius 3 is 2.80 bits per heavy atom. The number of nitrogens with zero attached hydrogens (tertiary/aromatic N) is 3. The highest BCUT2D eigenvalue weighted by molar-refractivity contribution is 5.89. The molecule has 2 heterocycles. The van der Waals surface area contributed by atoms with E-state index in [1.807, 2.05) is 0 Å². The van der Waals surface area contributed by atoms with E-state index in [0.717, 1.165) is 26.1 Å². The van der Waals surface area contributed by atoms with Gasteiger partial charge in [0.1, 0.15) is 0 Å². The van der Waals surface area contributed by atoms with Crippen LogP contribution in [-0.4, -0.2) is 40.5 Å². The summed E-state index contributed by atoms with van der Waals surface area (Å²) in [5.41, 5.74) is 0. The molecule has 0 radical (unpaired) electrons. The summed E-state index contributed by atoms with van der Waals surface area (Å²) in [4.78, 5) is 17.3. The molecule has 0 aromatic carbocycles. The lowest BCUT2D eigenvalue weighted by Crippen LogP contribution is -2.22. The predicted octanol–water partition coefficient (Wildman–Crippen LogP) is 0.911. The maximum atomic E-state index is 10.9. The van der Waals surface area contributed by atoms with Crippen molar-refractivity contribution in [3.8, 4) is 0 Å². The summed E-state index contributed by atoms with van der Waals surface area (Å²) in [5, 5.41) is 3.61. The van der Waals surface area contributed by atoms with Gasteiger partial charge in [-0.25, -0.2) is 0 Å². The van der Waals surface area contributed by atoms with Crippen molar-refractivity contribution in [2.24, 2.45) is 0 Å². The van der Waals surface area contributed by atoms with Crippen molar-refractivity contribution in [3.63, 3.8) is 0 Å². The Morgan fingerprint density at radius 1 is 1.47 bits per heavy atom. The molecule has 5 nitrogen and oxygen atoms in total. The van der Waals surface area contributed by atoms with Crippen LogP contribution in [0.5, 0.6) is 0 Å². The van der Waals surface area contributed by atoms with Gasteiger partial charge in [-0.1, -0.05) is 5.16 Å². The lowest BCUT2D eigenvalue weighted by Gasteiger charge is -2.11. The van der Waals surface area contributed by atoms with Crippen LogP contribution in [0.25, 0.3) is 0 Å². The lowest BCUT2D eigenvalue weighted by molar-refractivity contribution is 0.100. The Morgan fingerprint density at radius 2 is 2.20 bits per heavy atom. The van der Waals surface area contributed by atoms with Crippen molar-refractivity contribution in [2.45, 2.75) is 26.2 Å². The molecule has 0 aliphatic carbocycles. The minimum atomic E-state index is -0.147. The molecule has 82 valence electrons. The third kappa shape index (κ3) is 2.62. The first-order valence-electron chi connectivity index (χ1n) is 5.31. The molecule has 0 spiro atoms. The van der Waals surface area contributed by atoms with E-state index in [1.54, 1.807) is 0 Å². The molecule has 0 amide bonds. The third-order valence-electron chi connectivity index (χ3n) is 2.62. The number of Topliss-reactive ketones (excluding diaryl/α,β-unsaturated/α-hetero) is 1. The van der Waals surface area contributed by atoms with Crippen molar-refractivity contribution in [1.82, 2.24) is 15.0 Å². The molecule has 1 fully saturated rings. The van der Waals surface area contributed by atoms with Gasteiger partial charge in [-0.15, -0.1) is 0 Å². The van der Waals surface area contributed by atoms with Crippen LogP contribution in [0.15, 0.2) is 4.52 Å². The highest BCUT2D eigenvalue weighted by Gasteiger charge is 2.14. The minimum absolute atomic E-state index is 0.147. The van der Waals surface area contributed by atoms with Gasteiger partial charge >= 0.3 is 0 Å². The third-order valence-corrected chi connectivity index (χ3v) is 2.62. The van der Waals surface area contributed by atoms with Crippen molar-refractivity contribution in [3.05, 3.63) is 11.7 Å². The molecule has 0 atom stereocenters. The standard InChI is InChI=1S/C10H15N3O2/c1-8(14)10-11-9(15-12-10)4-7-13-5-2-3-6-13/h2-7H2,1H3. The average Bonchev–Trinajstić information content (AvgIpc) is 2.86. The molecule has 1 aliphatic heterocycles. The fourth-order valence-electron chi connectivity index (χ4n) is 1.76. The number of hydrogen-bond acceptors (Lipinski definition) is 5. The van der Waals surface area contributed by atoms with Crippen LogP contribution in [-0.2, 0) is 6.42 Å². The largest absolute Gasteiger partial charge is 0.339 e. The molecule has 15 heavy (non-hydrogen) atoms. The summed E-state index contributed by atoms with van der Waals surface area (Å²) in [5.74, 6) is 0.602. The first kappa shape index (κ1) is 10.3. The molecular formula is C10H15N3O2. The monoisotopic (exact) mass is 209 g/mol. The zero-order valence-electron chi connectivity index (χ0n) is 8.90. The predicted molar refractivity (Wildman–Crippen MR) is 53.7 cm³/mol. The Bertz CT molecular complexity index is 342. The lowest BCUT2D eigenvalue weighted by atomic mass is 10.4. The summed E-state index contributed by atoms with van der Waals surface area (Å²) in [6.45, 7) is 4.70. The zero-order valence-corrected chi connectivity index (χ0v) is 8.90. The quantitative estimate of drug-likeness (QED) is 0.690. The number of ketones is 1. The maximum Gasteiger partial charge on any atom is 0.238 e. The van der Waals surface area contributed by atoms with Gasteiger partial charge in [-0.3, -0.25) is 4.79 Å². The van der Waals surface area contributed by atoms with E-state index >= 15 is 0 Å². The Balaban J connectivity index is 1.84. The van der Waals surface area contributed by atoms with Gasteiger partial charge in [0, 0.05) is 19.9 Å². The summed E-state index contributed by atoms with van der Waals surface area (Å²) in [6, 6.07) is 0. The van der Waals surface area contributed by atoms with Gasteiger partial charge in [-0.05, 0) is 25.9 Å². The van der Waals surface area contributed by atoms with Crippen molar-refractivity contribution in [1.29, 1.82) is 0 Å². The number of carbonyl (C=O) groups excluding carboxylic acids is 1. The van der Waals surface area contributed by atoms with E-state index in [0.29, 0.717) is 5.89 Å². The van der Waals surface area contributed by atoms with E-state index in [-0.39, 0.29) is 11.6 Å². The molecule has 0 saturated carbocycles. The van der Waals surface area contributed by atoms with Crippen LogP contribution in [0.3, 0.4) is 0 Å². The van der Waals surface area contributed by atoms with E-state index in [1.165, 1.54) is 19.8 Å². The molecule has 1 aromatic rings. The molecule has 5 heteroatoms. The van der Waals surface area contributed by atoms with Crippen LogP contribution < -0.4 is 0 Å². The SMILES string of the molecule is CC(=O)c1noc(CCN2CCCC2)n1. The van der Waals surface area contributed by atoms with Crippen molar-refractivity contribution in [2.75, 3.05) is 19.6 Å². The van der Waals surface area contributed by atoms with Gasteiger partial charge < -0.3 is 9.42 Å². The fourth-order valence-corrected chi connectivity index (χ4v) is 1.76. The van der Waals surface area contributed by atoms with Crippen LogP contribution in [0.1, 0.15) is 36.3 Å². The van der Waals surface area contributed by atoms with Gasteiger partial charge in [-0.2, -0.15) is 4.98 Å². The van der Waals surface area contributed by atoms with E-state index in [2.05, 4.69) is 15.0 Å². The number of rotatable bonds is 4. The van der Waals surface area contributed by atoms with Crippen LogP contribution in [0, 0.1) is 0 Å². The molecule has 0 N–H and O–H groups in total. The minimum Gasteiger partial charge on any atom is -0.339 e. The normalized spacial score (nSPS) is 17.1. The molecule has 1 aliphatic rings. The second-order valence-electron chi connectivity index (χ2n) is 3.87. The Kier molecular flexibility index (Phi) is 3.11. The molecule has 1 saturated heterocycles. The topological polar surface area (TPSA) is 59.2 Å². The van der Waals surface area contributed by atoms with E-state index in [9.17, 15) is 4.79 Å². The summed E-state index contributed by atoms with van der Waals surface area (Å²) >= 11 is 0. The number of hydrogen-bond donors (Lipinski definition) is 0. The fraction of sp³-hybridized carbons (Fsp3) is 0.700. The molecule has 2 rings (SSSR count). The highest BCUT2D eigenvalue weighted by atomic mass is 16.5. The average molecular weight is 209 g/mol. The summed E-state index contributed by atoms with van der Waals surface area (Å²) < 4.78 is 4.98. The number of aromatic nitrogens is 2. The van der Waals surface area contributed by atoms with Gasteiger partial charge in [0.05, 0.1) is 0 Å². The van der Waals surface area contributed by atoms with Crippen molar-refractivity contribution < 1.29 is 9.32 Å². The van der Waals surface area contributed by atoms with Crippen LogP contribution >= 0.6 is 0 Å². The van der Waals surface area contributed by atoms with E-state index < -0.39 is 0 Å². The first-order valence-corrected chi connectivity index (χ1v) is 5.31. The summed E-state index contributed by atoms with van der Waals surface area (Å²) in [7, 11) is 0.